The lowest BCUT2D eigenvalue weighted by Crippen LogP contribution is -2.54. The third-order valence-electron chi connectivity index (χ3n) is 3.95. The van der Waals surface area contributed by atoms with Gasteiger partial charge < -0.3 is 19.7 Å². The van der Waals surface area contributed by atoms with E-state index in [-0.39, 0.29) is 11.9 Å². The molecule has 1 spiro atoms. The fourth-order valence-corrected chi connectivity index (χ4v) is 2.76. The van der Waals surface area contributed by atoms with Crippen LogP contribution in [-0.4, -0.2) is 46.2 Å². The van der Waals surface area contributed by atoms with Gasteiger partial charge >= 0.3 is 5.97 Å². The summed E-state index contributed by atoms with van der Waals surface area (Å²) < 4.78 is 10.3. The number of esters is 1. The molecule has 2 heterocycles. The maximum absolute atomic E-state index is 11.5. The van der Waals surface area contributed by atoms with Crippen LogP contribution in [0.3, 0.4) is 0 Å². The molecule has 1 aliphatic carbocycles. The van der Waals surface area contributed by atoms with Gasteiger partial charge in [0, 0.05) is 5.92 Å². The predicted molar refractivity (Wildman–Crippen MR) is 47.9 cm³/mol. The van der Waals surface area contributed by atoms with Gasteiger partial charge in [0.25, 0.3) is 0 Å². The first-order valence-corrected chi connectivity index (χ1v) is 5.23. The maximum atomic E-state index is 11.5. The summed E-state index contributed by atoms with van der Waals surface area (Å²) in [7, 11) is 0. The Morgan fingerprint density at radius 1 is 1.53 bits per heavy atom. The fourth-order valence-electron chi connectivity index (χ4n) is 2.76. The topological polar surface area (TPSA) is 79.3 Å². The molecule has 5 atom stereocenters. The quantitative estimate of drug-likeness (QED) is 0.408. The number of carbonyl (C=O) groups is 1. The van der Waals surface area contributed by atoms with Gasteiger partial charge in [-0.15, -0.1) is 0 Å². The summed E-state index contributed by atoms with van der Waals surface area (Å²) in [6.07, 6.45) is -0.495. The molecule has 2 N–H and O–H groups in total. The van der Waals surface area contributed by atoms with Crippen molar-refractivity contribution >= 4 is 5.97 Å². The third kappa shape index (κ3) is 1.06. The number of aliphatic hydroxyl groups is 2. The smallest absolute Gasteiger partial charge is 0.341 e. The zero-order chi connectivity index (χ0) is 10.8. The highest BCUT2D eigenvalue weighted by molar-refractivity contribution is 5.85. The van der Waals surface area contributed by atoms with Gasteiger partial charge in [0.15, 0.2) is 5.60 Å². The van der Waals surface area contributed by atoms with Crippen LogP contribution in [0.15, 0.2) is 0 Å². The summed E-state index contributed by atoms with van der Waals surface area (Å²) in [6, 6.07) is 0. The number of hydrogen-bond acceptors (Lipinski definition) is 5. The summed E-state index contributed by atoms with van der Waals surface area (Å²) in [5.41, 5.74) is -1.95. The van der Waals surface area contributed by atoms with Gasteiger partial charge in [-0.3, -0.25) is 0 Å². The molecule has 0 amide bonds. The molecule has 84 valence electrons. The Hall–Kier alpha value is -0.650. The number of rotatable bonds is 0. The van der Waals surface area contributed by atoms with Gasteiger partial charge in [0.2, 0.25) is 0 Å². The van der Waals surface area contributed by atoms with Gasteiger partial charge in [0.1, 0.15) is 12.2 Å². The van der Waals surface area contributed by atoms with Crippen LogP contribution in [-0.2, 0) is 14.3 Å². The van der Waals surface area contributed by atoms with E-state index in [0.717, 1.165) is 0 Å². The Balaban J connectivity index is 1.91. The SMILES string of the molecule is C[C@]1(O)CC[C@H]2[C@H](OC(=O)C23CO3)[C@H]1O. The average Bonchev–Trinajstić information content (AvgIpc) is 2.88. The Labute approximate surface area is 87.0 Å². The van der Waals surface area contributed by atoms with Crippen molar-refractivity contribution in [2.24, 2.45) is 5.92 Å². The van der Waals surface area contributed by atoms with E-state index < -0.39 is 23.4 Å². The highest BCUT2D eigenvalue weighted by Crippen LogP contribution is 2.52. The summed E-state index contributed by atoms with van der Waals surface area (Å²) in [5.74, 6) is -0.477. The molecule has 0 aromatic rings. The first kappa shape index (κ1) is 9.57. The molecule has 3 aliphatic rings. The van der Waals surface area contributed by atoms with Crippen LogP contribution >= 0.6 is 0 Å². The van der Waals surface area contributed by atoms with Crippen molar-refractivity contribution < 1.29 is 24.5 Å². The molecule has 3 rings (SSSR count). The number of ether oxygens (including phenoxy) is 2. The van der Waals surface area contributed by atoms with Crippen molar-refractivity contribution in [1.29, 1.82) is 0 Å². The molecular formula is C10H14O5. The summed E-state index contributed by atoms with van der Waals surface area (Å²) >= 11 is 0. The van der Waals surface area contributed by atoms with Crippen LogP contribution in [0.2, 0.25) is 0 Å². The zero-order valence-electron chi connectivity index (χ0n) is 8.47. The molecule has 2 saturated heterocycles. The second kappa shape index (κ2) is 2.53. The largest absolute Gasteiger partial charge is 0.457 e. The molecule has 3 fully saturated rings. The second-order valence-corrected chi connectivity index (χ2v) is 5.00. The molecule has 0 bridgehead atoms. The van der Waals surface area contributed by atoms with Gasteiger partial charge in [0.05, 0.1) is 12.2 Å². The van der Waals surface area contributed by atoms with Crippen LogP contribution in [0.1, 0.15) is 19.8 Å². The van der Waals surface area contributed by atoms with Crippen molar-refractivity contribution in [2.45, 2.75) is 43.2 Å². The summed E-state index contributed by atoms with van der Waals surface area (Å²) in [6.45, 7) is 1.96. The molecule has 0 aromatic carbocycles. The molecule has 0 radical (unpaired) electrons. The molecule has 5 heteroatoms. The van der Waals surface area contributed by atoms with E-state index in [1.54, 1.807) is 6.92 Å². The molecule has 0 aromatic heterocycles. The van der Waals surface area contributed by atoms with Crippen molar-refractivity contribution in [3.63, 3.8) is 0 Å². The summed E-state index contributed by atoms with van der Waals surface area (Å²) in [4.78, 5) is 11.5. The van der Waals surface area contributed by atoms with E-state index in [0.29, 0.717) is 19.4 Å². The molecule has 1 saturated carbocycles. The molecule has 5 nitrogen and oxygen atoms in total. The van der Waals surface area contributed by atoms with Crippen molar-refractivity contribution in [3.8, 4) is 0 Å². The second-order valence-electron chi connectivity index (χ2n) is 5.00. The number of carbonyl (C=O) groups excluding carboxylic acids is 1. The lowest BCUT2D eigenvalue weighted by Gasteiger charge is -2.39. The minimum Gasteiger partial charge on any atom is -0.457 e. The Morgan fingerprint density at radius 3 is 2.80 bits per heavy atom. The number of aliphatic hydroxyl groups excluding tert-OH is 1. The number of epoxide rings is 1. The van der Waals surface area contributed by atoms with Crippen molar-refractivity contribution in [3.05, 3.63) is 0 Å². The molecular weight excluding hydrogens is 200 g/mol. The fraction of sp³-hybridized carbons (Fsp3) is 0.900. The molecule has 2 aliphatic heterocycles. The van der Waals surface area contributed by atoms with Crippen LogP contribution < -0.4 is 0 Å². The first-order valence-electron chi connectivity index (χ1n) is 5.23. The lowest BCUT2D eigenvalue weighted by molar-refractivity contribution is -0.168. The van der Waals surface area contributed by atoms with Crippen LogP contribution in [0.5, 0.6) is 0 Å². The first-order chi connectivity index (χ1) is 6.97. The predicted octanol–water partition coefficient (Wildman–Crippen LogP) is -0.797. The summed E-state index contributed by atoms with van der Waals surface area (Å²) in [5, 5.41) is 19.8. The van der Waals surface area contributed by atoms with E-state index in [9.17, 15) is 15.0 Å². The number of fused-ring (bicyclic) bond motifs is 2. The molecule has 1 unspecified atom stereocenters. The van der Waals surface area contributed by atoms with E-state index in [1.165, 1.54) is 0 Å². The maximum Gasteiger partial charge on any atom is 0.341 e. The lowest BCUT2D eigenvalue weighted by atomic mass is 9.72. The van der Waals surface area contributed by atoms with E-state index in [2.05, 4.69) is 0 Å². The van der Waals surface area contributed by atoms with Crippen molar-refractivity contribution in [2.75, 3.05) is 6.61 Å². The number of hydrogen-bond donors (Lipinski definition) is 2. The Bertz CT molecular complexity index is 320. The van der Waals surface area contributed by atoms with Crippen LogP contribution in [0.25, 0.3) is 0 Å². The van der Waals surface area contributed by atoms with E-state index >= 15 is 0 Å². The van der Waals surface area contributed by atoms with Crippen LogP contribution in [0, 0.1) is 5.92 Å². The van der Waals surface area contributed by atoms with Crippen LogP contribution in [0.4, 0.5) is 0 Å². The van der Waals surface area contributed by atoms with Gasteiger partial charge in [-0.25, -0.2) is 4.79 Å². The highest BCUT2D eigenvalue weighted by Gasteiger charge is 2.70. The van der Waals surface area contributed by atoms with Gasteiger partial charge in [-0.05, 0) is 19.8 Å². The monoisotopic (exact) mass is 214 g/mol. The van der Waals surface area contributed by atoms with E-state index in [4.69, 9.17) is 9.47 Å². The molecule has 15 heavy (non-hydrogen) atoms. The van der Waals surface area contributed by atoms with Gasteiger partial charge in [-0.2, -0.15) is 0 Å². The minimum atomic E-state index is -1.16. The third-order valence-corrected chi connectivity index (χ3v) is 3.95. The minimum absolute atomic E-state index is 0.0970. The highest BCUT2D eigenvalue weighted by atomic mass is 16.7. The zero-order valence-corrected chi connectivity index (χ0v) is 8.47. The van der Waals surface area contributed by atoms with Gasteiger partial charge in [-0.1, -0.05) is 0 Å². The van der Waals surface area contributed by atoms with Crippen molar-refractivity contribution in [1.82, 2.24) is 0 Å². The average molecular weight is 214 g/mol. The normalized spacial score (nSPS) is 57.8. The Morgan fingerprint density at radius 2 is 2.20 bits per heavy atom. The Kier molecular flexibility index (Phi) is 1.62. The standard InChI is InChI=1S/C10H14O5/c1-9(13)3-2-5-6(7(9)11)15-8(12)10(5)4-14-10/h5-7,11,13H,2-4H2,1H3/t5-,6-,7+,9-,10?/m0/s1. The van der Waals surface area contributed by atoms with E-state index in [1.807, 2.05) is 0 Å².